The molecule has 2 aromatic carbocycles. The monoisotopic (exact) mass is 391 g/mol. The number of esters is 1. The molecule has 1 atom stereocenters. The maximum atomic E-state index is 12.7. The van der Waals surface area contributed by atoms with Gasteiger partial charge in [0.15, 0.2) is 12.6 Å². The quantitative estimate of drug-likeness (QED) is 0.619. The summed E-state index contributed by atoms with van der Waals surface area (Å²) in [5.41, 5.74) is 3.94. The van der Waals surface area contributed by atoms with Gasteiger partial charge in [0.1, 0.15) is 0 Å². The number of fused-ring (bicyclic) bond motifs is 1. The normalized spacial score (nSPS) is 13.8. The Morgan fingerprint density at radius 1 is 1.14 bits per heavy atom. The summed E-state index contributed by atoms with van der Waals surface area (Å²) in [5, 5.41) is 12.1. The Kier molecular flexibility index (Phi) is 5.07. The second-order valence-corrected chi connectivity index (χ2v) is 7.01. The fraction of sp³-hybridized carbons (Fsp3) is 0.286. The minimum atomic E-state index is -0.895. The summed E-state index contributed by atoms with van der Waals surface area (Å²) in [6.07, 6.45) is -0.0958. The van der Waals surface area contributed by atoms with Crippen LogP contribution in [-0.2, 0) is 27.3 Å². The van der Waals surface area contributed by atoms with E-state index in [1.807, 2.05) is 55.5 Å². The van der Waals surface area contributed by atoms with Crippen LogP contribution in [0.5, 0.6) is 0 Å². The average molecular weight is 391 g/mol. The summed E-state index contributed by atoms with van der Waals surface area (Å²) in [7, 11) is 0. The summed E-state index contributed by atoms with van der Waals surface area (Å²) in [6.45, 7) is 3.94. The summed E-state index contributed by atoms with van der Waals surface area (Å²) in [5.74, 6) is -0.406. The third-order valence-corrected chi connectivity index (χ3v) is 4.84. The van der Waals surface area contributed by atoms with Crippen molar-refractivity contribution in [3.05, 3.63) is 59.7 Å². The van der Waals surface area contributed by atoms with Crippen LogP contribution in [0.4, 0.5) is 5.69 Å². The van der Waals surface area contributed by atoms with Gasteiger partial charge in [-0.3, -0.25) is 4.79 Å². The highest BCUT2D eigenvalue weighted by Crippen LogP contribution is 2.28. The number of aryl methyl sites for hydroxylation is 1. The molecule has 2 heterocycles. The van der Waals surface area contributed by atoms with Crippen LogP contribution in [0, 0.1) is 6.92 Å². The minimum absolute atomic E-state index is 0.215. The van der Waals surface area contributed by atoms with E-state index in [0.717, 1.165) is 28.8 Å². The van der Waals surface area contributed by atoms with E-state index in [1.165, 1.54) is 4.80 Å². The first-order valence-electron chi connectivity index (χ1n) is 9.45. The highest BCUT2D eigenvalue weighted by atomic mass is 16.5. The fourth-order valence-electron chi connectivity index (χ4n) is 3.32. The van der Waals surface area contributed by atoms with Crippen molar-refractivity contribution < 1.29 is 14.3 Å². The van der Waals surface area contributed by atoms with Crippen LogP contribution < -0.4 is 4.90 Å². The highest BCUT2D eigenvalue weighted by molar-refractivity contribution is 5.99. The Balaban J connectivity index is 1.36. The second-order valence-electron chi connectivity index (χ2n) is 7.01. The molecule has 0 saturated carbocycles. The van der Waals surface area contributed by atoms with E-state index in [2.05, 4.69) is 15.4 Å². The van der Waals surface area contributed by atoms with Gasteiger partial charge >= 0.3 is 5.97 Å². The summed E-state index contributed by atoms with van der Waals surface area (Å²) in [4.78, 5) is 27.8. The lowest BCUT2D eigenvalue weighted by atomic mass is 10.1. The number of hydrogen-bond acceptors (Lipinski definition) is 6. The molecule has 1 unspecified atom stereocenters. The number of tetrazole rings is 1. The van der Waals surface area contributed by atoms with Crippen LogP contribution in [0.2, 0.25) is 0 Å². The molecule has 0 spiro atoms. The predicted octanol–water partition coefficient (Wildman–Crippen LogP) is 2.17. The van der Waals surface area contributed by atoms with Crippen LogP contribution in [0.25, 0.3) is 11.4 Å². The number of aromatic nitrogens is 4. The van der Waals surface area contributed by atoms with Gasteiger partial charge in [0.2, 0.25) is 5.82 Å². The molecule has 0 saturated heterocycles. The van der Waals surface area contributed by atoms with Gasteiger partial charge in [0.05, 0.1) is 0 Å². The largest absolute Gasteiger partial charge is 0.451 e. The molecule has 1 aliphatic heterocycles. The van der Waals surface area contributed by atoms with Gasteiger partial charge < -0.3 is 9.64 Å². The molecular weight excluding hydrogens is 370 g/mol. The number of carbonyl (C=O) groups excluding carboxylic acids is 2. The summed E-state index contributed by atoms with van der Waals surface area (Å²) in [6, 6.07) is 15.4. The van der Waals surface area contributed by atoms with E-state index in [0.29, 0.717) is 12.4 Å². The van der Waals surface area contributed by atoms with E-state index < -0.39 is 12.1 Å². The molecule has 0 bridgehead atoms. The van der Waals surface area contributed by atoms with Crippen molar-refractivity contribution in [3.8, 4) is 11.4 Å². The molecule has 0 fully saturated rings. The van der Waals surface area contributed by atoms with Gasteiger partial charge in [-0.1, -0.05) is 48.0 Å². The van der Waals surface area contributed by atoms with Crippen molar-refractivity contribution in [2.75, 3.05) is 11.4 Å². The number of para-hydroxylation sites is 1. The third kappa shape index (κ3) is 4.01. The molecule has 1 aliphatic rings. The number of carbonyl (C=O) groups is 2. The number of benzene rings is 2. The van der Waals surface area contributed by atoms with Crippen molar-refractivity contribution >= 4 is 17.6 Å². The zero-order valence-corrected chi connectivity index (χ0v) is 16.3. The van der Waals surface area contributed by atoms with Gasteiger partial charge in [-0.25, -0.2) is 4.79 Å². The number of anilines is 1. The molecular formula is C21H21N5O3. The smallest absolute Gasteiger partial charge is 0.330 e. The fourth-order valence-corrected chi connectivity index (χ4v) is 3.32. The molecule has 8 heteroatoms. The molecule has 0 N–H and O–H groups in total. The van der Waals surface area contributed by atoms with Crippen molar-refractivity contribution in [3.63, 3.8) is 0 Å². The highest BCUT2D eigenvalue weighted by Gasteiger charge is 2.29. The first kappa shape index (κ1) is 18.8. The van der Waals surface area contributed by atoms with Gasteiger partial charge in [-0.2, -0.15) is 4.80 Å². The predicted molar refractivity (Wildman–Crippen MR) is 106 cm³/mol. The number of nitrogens with zero attached hydrogens (tertiary/aromatic N) is 5. The zero-order valence-electron chi connectivity index (χ0n) is 16.3. The Labute approximate surface area is 168 Å². The molecule has 3 aromatic rings. The molecule has 29 heavy (non-hydrogen) atoms. The zero-order chi connectivity index (χ0) is 20.4. The van der Waals surface area contributed by atoms with Gasteiger partial charge in [0.25, 0.3) is 5.91 Å². The third-order valence-electron chi connectivity index (χ3n) is 4.84. The van der Waals surface area contributed by atoms with Crippen LogP contribution in [-0.4, -0.2) is 44.7 Å². The van der Waals surface area contributed by atoms with Crippen LogP contribution >= 0.6 is 0 Å². The summed E-state index contributed by atoms with van der Waals surface area (Å²) < 4.78 is 5.32. The van der Waals surface area contributed by atoms with E-state index in [4.69, 9.17) is 4.74 Å². The van der Waals surface area contributed by atoms with Crippen molar-refractivity contribution in [1.82, 2.24) is 20.2 Å². The lowest BCUT2D eigenvalue weighted by molar-refractivity contribution is -0.154. The Morgan fingerprint density at radius 2 is 1.90 bits per heavy atom. The molecule has 0 aliphatic carbocycles. The number of rotatable bonds is 5. The minimum Gasteiger partial charge on any atom is -0.451 e. The molecule has 8 nitrogen and oxygen atoms in total. The molecule has 1 aromatic heterocycles. The van der Waals surface area contributed by atoms with Crippen LogP contribution in [0.3, 0.4) is 0 Å². The lowest BCUT2D eigenvalue weighted by Crippen LogP contribution is -2.39. The maximum absolute atomic E-state index is 12.7. The average Bonchev–Trinajstić information content (AvgIpc) is 3.35. The number of amides is 1. The van der Waals surface area contributed by atoms with Crippen LogP contribution in [0.1, 0.15) is 18.1 Å². The van der Waals surface area contributed by atoms with E-state index in [9.17, 15) is 9.59 Å². The Morgan fingerprint density at radius 3 is 2.69 bits per heavy atom. The van der Waals surface area contributed by atoms with Crippen molar-refractivity contribution in [2.45, 2.75) is 32.9 Å². The summed E-state index contributed by atoms with van der Waals surface area (Å²) >= 11 is 0. The second kappa shape index (κ2) is 7.83. The van der Waals surface area contributed by atoms with E-state index in [1.54, 1.807) is 11.8 Å². The van der Waals surface area contributed by atoms with Gasteiger partial charge in [-0.05, 0) is 37.1 Å². The van der Waals surface area contributed by atoms with Gasteiger partial charge in [-0.15, -0.1) is 10.2 Å². The van der Waals surface area contributed by atoms with E-state index in [-0.39, 0.29) is 12.5 Å². The molecule has 0 radical (unpaired) electrons. The first-order chi connectivity index (χ1) is 14.0. The van der Waals surface area contributed by atoms with Crippen LogP contribution in [0.15, 0.2) is 48.5 Å². The van der Waals surface area contributed by atoms with Gasteiger partial charge in [0, 0.05) is 17.8 Å². The SMILES string of the molecule is Cc1ccc(-c2nnn(CC(=O)OC(C)C(=O)N3CCc4ccccc43)n2)cc1. The topological polar surface area (TPSA) is 90.2 Å². The Hall–Kier alpha value is -3.55. The molecule has 4 rings (SSSR count). The Bertz CT molecular complexity index is 1040. The number of hydrogen-bond donors (Lipinski definition) is 0. The standard InChI is InChI=1S/C21H21N5O3/c1-14-7-9-17(10-8-14)20-22-24-26(23-20)13-19(27)29-15(2)21(28)25-12-11-16-5-3-4-6-18(16)25/h3-10,15H,11-13H2,1-2H3. The van der Waals surface area contributed by atoms with Crippen molar-refractivity contribution in [2.24, 2.45) is 0 Å². The van der Waals surface area contributed by atoms with E-state index >= 15 is 0 Å². The maximum Gasteiger partial charge on any atom is 0.330 e. The lowest BCUT2D eigenvalue weighted by Gasteiger charge is -2.21. The van der Waals surface area contributed by atoms with Crippen molar-refractivity contribution in [1.29, 1.82) is 0 Å². The molecule has 148 valence electrons. The molecule has 1 amide bonds. The number of ether oxygens (including phenoxy) is 1. The first-order valence-corrected chi connectivity index (χ1v) is 9.45.